The summed E-state index contributed by atoms with van der Waals surface area (Å²) in [7, 11) is 0. The van der Waals surface area contributed by atoms with Crippen molar-refractivity contribution in [1.82, 2.24) is 0 Å². The molecule has 0 aromatic carbocycles. The van der Waals surface area contributed by atoms with Crippen molar-refractivity contribution in [2.24, 2.45) is 22.7 Å². The molecule has 0 spiro atoms. The van der Waals surface area contributed by atoms with E-state index in [-0.39, 0.29) is 16.8 Å². The van der Waals surface area contributed by atoms with Crippen LogP contribution in [0.5, 0.6) is 0 Å². The maximum atomic E-state index is 12.7. The number of allylic oxidation sites excluding steroid dienone is 1. The lowest BCUT2D eigenvalue weighted by Gasteiger charge is -2.58. The SMILES string of the molecule is C=C1CC[C@H]2[C@@](C)(COC(=O)CCCCCCCCCCCCCCCCC)CCC[C@]2(C)[C@H]1CCc1ccoc1. The predicted octanol–water partition coefficient (Wildman–Crippen LogP) is 11.8. The third-order valence-electron chi connectivity index (χ3n) is 11.0. The molecule has 1 heterocycles. The third kappa shape index (κ3) is 10.9. The number of ether oxygens (including phenoxy) is 1. The normalized spacial score (nSPS) is 26.2. The number of rotatable bonds is 21. The number of fused-ring (bicyclic) bond motifs is 1. The standard InChI is InChI=1S/C38H64O3/c1-5-6-7-8-9-10-11-12-13-14-15-16-17-18-19-21-36(39)41-31-37(3)27-20-28-38(4)34(32(2)22-25-35(37)38)24-23-33-26-29-40-30-33/h26,29-30,34-35H,2,5-25,27-28,31H2,1,3-4H3/t34-,35-,37+,38+/m0/s1. The van der Waals surface area contributed by atoms with Crippen molar-refractivity contribution in [3.8, 4) is 0 Å². The minimum absolute atomic E-state index is 0.0184. The van der Waals surface area contributed by atoms with E-state index in [0.29, 0.717) is 24.9 Å². The second kappa shape index (κ2) is 18.2. The van der Waals surface area contributed by atoms with Crippen LogP contribution in [0.3, 0.4) is 0 Å². The van der Waals surface area contributed by atoms with E-state index in [9.17, 15) is 4.79 Å². The molecule has 2 saturated carbocycles. The Bertz CT molecular complexity index is 857. The number of unbranched alkanes of at least 4 members (excludes halogenated alkanes) is 14. The van der Waals surface area contributed by atoms with Gasteiger partial charge in [0.25, 0.3) is 0 Å². The Balaban J connectivity index is 1.27. The average Bonchev–Trinajstić information content (AvgIpc) is 3.47. The number of hydrogen-bond acceptors (Lipinski definition) is 3. The molecule has 0 saturated heterocycles. The molecule has 3 heteroatoms. The van der Waals surface area contributed by atoms with E-state index < -0.39 is 0 Å². The lowest BCUT2D eigenvalue weighted by molar-refractivity contribution is -0.155. The van der Waals surface area contributed by atoms with Crippen LogP contribution in [-0.4, -0.2) is 12.6 Å². The summed E-state index contributed by atoms with van der Waals surface area (Å²) in [5.41, 5.74) is 3.04. The number of aryl methyl sites for hydroxylation is 1. The van der Waals surface area contributed by atoms with Crippen LogP contribution in [0.2, 0.25) is 0 Å². The summed E-state index contributed by atoms with van der Waals surface area (Å²) in [4.78, 5) is 12.7. The van der Waals surface area contributed by atoms with Crippen molar-refractivity contribution < 1.29 is 13.9 Å². The van der Waals surface area contributed by atoms with Gasteiger partial charge in [-0.2, -0.15) is 0 Å². The van der Waals surface area contributed by atoms with Crippen molar-refractivity contribution in [3.63, 3.8) is 0 Å². The van der Waals surface area contributed by atoms with Crippen LogP contribution in [0.15, 0.2) is 35.2 Å². The fraction of sp³-hybridized carbons (Fsp3) is 0.816. The maximum absolute atomic E-state index is 12.7. The molecule has 2 aliphatic carbocycles. The molecular formula is C38H64O3. The smallest absolute Gasteiger partial charge is 0.305 e. The van der Waals surface area contributed by atoms with Gasteiger partial charge in [-0.25, -0.2) is 0 Å². The summed E-state index contributed by atoms with van der Waals surface area (Å²) >= 11 is 0. The van der Waals surface area contributed by atoms with Gasteiger partial charge in [0.2, 0.25) is 0 Å². The number of furan rings is 1. The van der Waals surface area contributed by atoms with Crippen LogP contribution in [0, 0.1) is 22.7 Å². The van der Waals surface area contributed by atoms with Crippen LogP contribution in [0.1, 0.15) is 168 Å². The first-order chi connectivity index (χ1) is 19.9. The number of carbonyl (C=O) groups excluding carboxylic acids is 1. The summed E-state index contributed by atoms with van der Waals surface area (Å²) in [6.07, 6.45) is 32.6. The highest BCUT2D eigenvalue weighted by molar-refractivity contribution is 5.69. The molecule has 1 aromatic rings. The van der Waals surface area contributed by atoms with Crippen LogP contribution >= 0.6 is 0 Å². The maximum Gasteiger partial charge on any atom is 0.305 e. The van der Waals surface area contributed by atoms with E-state index in [1.54, 1.807) is 6.26 Å². The Morgan fingerprint density at radius 1 is 0.927 bits per heavy atom. The van der Waals surface area contributed by atoms with Gasteiger partial charge in [-0.05, 0) is 73.8 Å². The lowest BCUT2D eigenvalue weighted by atomic mass is 9.47. The molecular weight excluding hydrogens is 504 g/mol. The summed E-state index contributed by atoms with van der Waals surface area (Å²) in [6.45, 7) is 12.3. The van der Waals surface area contributed by atoms with Crippen molar-refractivity contribution in [2.75, 3.05) is 6.61 Å². The molecule has 0 amide bonds. The van der Waals surface area contributed by atoms with E-state index in [0.717, 1.165) is 32.1 Å². The van der Waals surface area contributed by atoms with Crippen molar-refractivity contribution in [1.29, 1.82) is 0 Å². The molecule has 0 radical (unpaired) electrons. The first kappa shape index (κ1) is 34.0. The molecule has 2 aliphatic rings. The van der Waals surface area contributed by atoms with Crippen LogP contribution in [-0.2, 0) is 16.0 Å². The van der Waals surface area contributed by atoms with Gasteiger partial charge >= 0.3 is 5.97 Å². The zero-order valence-corrected chi connectivity index (χ0v) is 27.3. The monoisotopic (exact) mass is 568 g/mol. The Morgan fingerprint density at radius 3 is 2.12 bits per heavy atom. The van der Waals surface area contributed by atoms with Crippen molar-refractivity contribution in [3.05, 3.63) is 36.3 Å². The van der Waals surface area contributed by atoms with Crippen molar-refractivity contribution >= 4 is 5.97 Å². The largest absolute Gasteiger partial charge is 0.472 e. The molecule has 0 aliphatic heterocycles. The van der Waals surface area contributed by atoms with Gasteiger partial charge in [0, 0.05) is 11.8 Å². The molecule has 0 bridgehead atoms. The Morgan fingerprint density at radius 2 is 1.54 bits per heavy atom. The highest BCUT2D eigenvalue weighted by Crippen LogP contribution is 2.62. The summed E-state index contributed by atoms with van der Waals surface area (Å²) in [5.74, 6) is 1.14. The zero-order valence-electron chi connectivity index (χ0n) is 27.3. The van der Waals surface area contributed by atoms with E-state index in [1.807, 2.05) is 6.26 Å². The quantitative estimate of drug-likeness (QED) is 0.0841. The summed E-state index contributed by atoms with van der Waals surface area (Å²) in [6, 6.07) is 2.09. The second-order valence-corrected chi connectivity index (χ2v) is 14.3. The summed E-state index contributed by atoms with van der Waals surface area (Å²) < 4.78 is 11.3. The van der Waals surface area contributed by atoms with E-state index in [4.69, 9.17) is 9.15 Å². The summed E-state index contributed by atoms with van der Waals surface area (Å²) in [5, 5.41) is 0. The third-order valence-corrected chi connectivity index (χ3v) is 11.0. The predicted molar refractivity (Wildman–Crippen MR) is 173 cm³/mol. The Hall–Kier alpha value is -1.51. The Labute approximate surface area is 253 Å². The minimum atomic E-state index is 0.0184. The molecule has 0 unspecified atom stereocenters. The van der Waals surface area contributed by atoms with E-state index in [1.165, 1.54) is 120 Å². The van der Waals surface area contributed by atoms with Gasteiger partial charge in [-0.1, -0.05) is 129 Å². The first-order valence-corrected chi connectivity index (χ1v) is 17.7. The molecule has 41 heavy (non-hydrogen) atoms. The molecule has 4 atom stereocenters. The number of esters is 1. The topological polar surface area (TPSA) is 39.4 Å². The van der Waals surface area contributed by atoms with Gasteiger partial charge in [0.05, 0.1) is 19.1 Å². The second-order valence-electron chi connectivity index (χ2n) is 14.3. The van der Waals surface area contributed by atoms with E-state index >= 15 is 0 Å². The van der Waals surface area contributed by atoms with Gasteiger partial charge in [0.15, 0.2) is 0 Å². The van der Waals surface area contributed by atoms with Gasteiger partial charge in [0.1, 0.15) is 0 Å². The molecule has 2 fully saturated rings. The molecule has 0 N–H and O–H groups in total. The van der Waals surface area contributed by atoms with Crippen LogP contribution < -0.4 is 0 Å². The fourth-order valence-electron chi connectivity index (χ4n) is 8.49. The number of carbonyl (C=O) groups is 1. The highest BCUT2D eigenvalue weighted by Gasteiger charge is 2.54. The van der Waals surface area contributed by atoms with E-state index in [2.05, 4.69) is 33.4 Å². The first-order valence-electron chi connectivity index (χ1n) is 17.7. The van der Waals surface area contributed by atoms with Gasteiger partial charge in [-0.3, -0.25) is 4.79 Å². The number of hydrogen-bond donors (Lipinski definition) is 0. The molecule has 234 valence electrons. The zero-order chi connectivity index (χ0) is 29.4. The highest BCUT2D eigenvalue weighted by atomic mass is 16.5. The van der Waals surface area contributed by atoms with Crippen LogP contribution in [0.25, 0.3) is 0 Å². The van der Waals surface area contributed by atoms with Gasteiger partial charge in [-0.15, -0.1) is 0 Å². The minimum Gasteiger partial charge on any atom is -0.472 e. The van der Waals surface area contributed by atoms with Crippen LogP contribution in [0.4, 0.5) is 0 Å². The van der Waals surface area contributed by atoms with Gasteiger partial charge < -0.3 is 9.15 Å². The molecule has 3 nitrogen and oxygen atoms in total. The van der Waals surface area contributed by atoms with Crippen molar-refractivity contribution in [2.45, 2.75) is 168 Å². The molecule has 1 aromatic heterocycles. The average molecular weight is 569 g/mol. The lowest BCUT2D eigenvalue weighted by Crippen LogP contribution is -2.52. The molecule has 3 rings (SSSR count). The fourth-order valence-corrected chi connectivity index (χ4v) is 8.49. The Kier molecular flexibility index (Phi) is 15.1.